The smallest absolute Gasteiger partial charge is 0.307 e. The lowest BCUT2D eigenvalue weighted by atomic mass is 9.69. The number of hydrogen-bond acceptors (Lipinski definition) is 1. The van der Waals surface area contributed by atoms with Crippen LogP contribution in [0.1, 0.15) is 19.3 Å². The quantitative estimate of drug-likeness (QED) is 0.580. The molecule has 1 fully saturated rings. The number of rotatable bonds is 1. The molecule has 0 aliphatic heterocycles. The van der Waals surface area contributed by atoms with E-state index < -0.39 is 5.97 Å². The molecule has 0 amide bonds. The lowest BCUT2D eigenvalue weighted by Crippen LogP contribution is -2.32. The molecular formula is C9H12O2. The zero-order chi connectivity index (χ0) is 7.84. The predicted octanol–water partition coefficient (Wildman–Crippen LogP) is 1.67. The molecule has 1 N–H and O–H groups in total. The van der Waals surface area contributed by atoms with Crippen LogP contribution in [0.4, 0.5) is 0 Å². The van der Waals surface area contributed by atoms with Crippen molar-refractivity contribution >= 4 is 5.97 Å². The third kappa shape index (κ3) is 1.06. The predicted molar refractivity (Wildman–Crippen MR) is 41.1 cm³/mol. The second kappa shape index (κ2) is 2.36. The standard InChI is InChI=1S/C9H12O2/c10-9(11)8-5-6-1-3-7(8)4-2-6/h1,3,6-8H,2,4-5H2,(H,10,11)/t6-,7-,8-/m0/s1. The number of aliphatic carboxylic acids is 1. The first-order chi connectivity index (χ1) is 5.27. The average molecular weight is 152 g/mol. The van der Waals surface area contributed by atoms with Gasteiger partial charge in [-0.15, -0.1) is 0 Å². The fraction of sp³-hybridized carbons (Fsp3) is 0.667. The van der Waals surface area contributed by atoms with Crippen LogP contribution in [-0.2, 0) is 4.79 Å². The van der Waals surface area contributed by atoms with E-state index in [1.165, 1.54) is 6.42 Å². The number of carboxylic acid groups (broad SMARTS) is 1. The highest BCUT2D eigenvalue weighted by Crippen LogP contribution is 2.40. The largest absolute Gasteiger partial charge is 0.481 e. The van der Waals surface area contributed by atoms with Crippen LogP contribution in [0.25, 0.3) is 0 Å². The molecule has 0 unspecified atom stereocenters. The van der Waals surface area contributed by atoms with Crippen LogP contribution in [0.2, 0.25) is 0 Å². The molecule has 2 heteroatoms. The summed E-state index contributed by atoms with van der Waals surface area (Å²) in [6, 6.07) is 0. The van der Waals surface area contributed by atoms with Gasteiger partial charge in [-0.3, -0.25) is 4.79 Å². The molecule has 2 nitrogen and oxygen atoms in total. The minimum absolute atomic E-state index is 0.0845. The fourth-order valence-electron chi connectivity index (χ4n) is 2.22. The van der Waals surface area contributed by atoms with Crippen LogP contribution in [0.5, 0.6) is 0 Å². The second-order valence-corrected chi connectivity index (χ2v) is 3.57. The zero-order valence-electron chi connectivity index (χ0n) is 6.36. The number of hydrogen-bond donors (Lipinski definition) is 1. The van der Waals surface area contributed by atoms with E-state index in [1.54, 1.807) is 0 Å². The van der Waals surface area contributed by atoms with Gasteiger partial charge in [-0.05, 0) is 31.1 Å². The molecule has 1 saturated carbocycles. The van der Waals surface area contributed by atoms with Gasteiger partial charge in [0, 0.05) is 0 Å². The Labute approximate surface area is 65.9 Å². The molecule has 0 aromatic carbocycles. The van der Waals surface area contributed by atoms with E-state index in [1.807, 2.05) is 0 Å². The van der Waals surface area contributed by atoms with Crippen molar-refractivity contribution in [2.45, 2.75) is 19.3 Å². The van der Waals surface area contributed by atoms with E-state index >= 15 is 0 Å². The SMILES string of the molecule is O=C(O)[C@H]1C[C@H]2C=C[C@H]1CC2. The maximum absolute atomic E-state index is 10.7. The highest BCUT2D eigenvalue weighted by Gasteiger charge is 2.35. The Hall–Kier alpha value is -0.790. The Bertz CT molecular complexity index is 208. The highest BCUT2D eigenvalue weighted by atomic mass is 16.4. The molecular weight excluding hydrogens is 140 g/mol. The van der Waals surface area contributed by atoms with Gasteiger partial charge < -0.3 is 5.11 Å². The fourth-order valence-corrected chi connectivity index (χ4v) is 2.22. The number of carboxylic acids is 1. The number of fused-ring (bicyclic) bond motifs is 2. The molecule has 60 valence electrons. The highest BCUT2D eigenvalue weighted by molar-refractivity contribution is 5.71. The van der Waals surface area contributed by atoms with E-state index in [9.17, 15) is 4.79 Å². The van der Waals surface area contributed by atoms with Crippen molar-refractivity contribution in [2.24, 2.45) is 17.8 Å². The number of carbonyl (C=O) groups is 1. The maximum Gasteiger partial charge on any atom is 0.307 e. The minimum Gasteiger partial charge on any atom is -0.481 e. The lowest BCUT2D eigenvalue weighted by molar-refractivity contribution is -0.144. The van der Waals surface area contributed by atoms with Crippen molar-refractivity contribution < 1.29 is 9.90 Å². The summed E-state index contributed by atoms with van der Waals surface area (Å²) in [7, 11) is 0. The Balaban J connectivity index is 2.17. The van der Waals surface area contributed by atoms with Crippen LogP contribution in [0.3, 0.4) is 0 Å². The van der Waals surface area contributed by atoms with Crippen LogP contribution in [-0.4, -0.2) is 11.1 Å². The summed E-state index contributed by atoms with van der Waals surface area (Å²) in [5, 5.41) is 8.83. The molecule has 0 heterocycles. The topological polar surface area (TPSA) is 37.3 Å². The third-order valence-corrected chi connectivity index (χ3v) is 2.89. The van der Waals surface area contributed by atoms with Crippen LogP contribution < -0.4 is 0 Å². The van der Waals surface area contributed by atoms with Crippen LogP contribution in [0.15, 0.2) is 12.2 Å². The van der Waals surface area contributed by atoms with E-state index in [4.69, 9.17) is 5.11 Å². The van der Waals surface area contributed by atoms with Crippen molar-refractivity contribution in [3.63, 3.8) is 0 Å². The Morgan fingerprint density at radius 2 is 2.18 bits per heavy atom. The van der Waals surface area contributed by atoms with Gasteiger partial charge in [-0.1, -0.05) is 12.2 Å². The van der Waals surface area contributed by atoms with Gasteiger partial charge >= 0.3 is 5.97 Å². The van der Waals surface area contributed by atoms with E-state index in [0.29, 0.717) is 11.8 Å². The summed E-state index contributed by atoms with van der Waals surface area (Å²) in [6.07, 6.45) is 7.43. The molecule has 0 aromatic heterocycles. The normalized spacial score (nSPS) is 40.9. The first-order valence-corrected chi connectivity index (χ1v) is 4.18. The Kier molecular flexibility index (Phi) is 1.48. The molecule has 11 heavy (non-hydrogen) atoms. The Morgan fingerprint density at radius 3 is 2.45 bits per heavy atom. The summed E-state index contributed by atoms with van der Waals surface area (Å²) in [6.45, 7) is 0. The zero-order valence-corrected chi connectivity index (χ0v) is 6.36. The molecule has 0 saturated heterocycles. The van der Waals surface area contributed by atoms with Crippen LogP contribution >= 0.6 is 0 Å². The van der Waals surface area contributed by atoms with Gasteiger partial charge in [0.25, 0.3) is 0 Å². The Morgan fingerprint density at radius 1 is 1.36 bits per heavy atom. The van der Waals surface area contributed by atoms with Crippen molar-refractivity contribution in [1.82, 2.24) is 0 Å². The van der Waals surface area contributed by atoms with Crippen molar-refractivity contribution in [3.8, 4) is 0 Å². The maximum atomic E-state index is 10.7. The average Bonchev–Trinajstić information content (AvgIpc) is 2.06. The minimum atomic E-state index is -0.607. The molecule has 3 aliphatic carbocycles. The van der Waals surface area contributed by atoms with Gasteiger partial charge in [-0.2, -0.15) is 0 Å². The van der Waals surface area contributed by atoms with E-state index in [-0.39, 0.29) is 5.92 Å². The van der Waals surface area contributed by atoms with E-state index in [2.05, 4.69) is 12.2 Å². The number of allylic oxidation sites excluding steroid dienone is 2. The van der Waals surface area contributed by atoms with Gasteiger partial charge in [0.2, 0.25) is 0 Å². The monoisotopic (exact) mass is 152 g/mol. The van der Waals surface area contributed by atoms with Gasteiger partial charge in [-0.25, -0.2) is 0 Å². The molecule has 3 atom stereocenters. The summed E-state index contributed by atoms with van der Waals surface area (Å²) in [4.78, 5) is 10.7. The molecule has 0 radical (unpaired) electrons. The third-order valence-electron chi connectivity index (χ3n) is 2.89. The van der Waals surface area contributed by atoms with Crippen molar-refractivity contribution in [3.05, 3.63) is 12.2 Å². The molecule has 2 bridgehead atoms. The van der Waals surface area contributed by atoms with Gasteiger partial charge in [0.05, 0.1) is 5.92 Å². The summed E-state index contributed by atoms with van der Waals surface area (Å²) in [5.74, 6) is 0.196. The van der Waals surface area contributed by atoms with E-state index in [0.717, 1.165) is 12.8 Å². The summed E-state index contributed by atoms with van der Waals surface area (Å²) < 4.78 is 0. The van der Waals surface area contributed by atoms with Crippen molar-refractivity contribution in [1.29, 1.82) is 0 Å². The summed E-state index contributed by atoms with van der Waals surface area (Å²) >= 11 is 0. The lowest BCUT2D eigenvalue weighted by Gasteiger charge is -2.35. The van der Waals surface area contributed by atoms with Gasteiger partial charge in [0.15, 0.2) is 0 Å². The van der Waals surface area contributed by atoms with Gasteiger partial charge in [0.1, 0.15) is 0 Å². The molecule has 0 aromatic rings. The second-order valence-electron chi connectivity index (χ2n) is 3.57. The first-order valence-electron chi connectivity index (χ1n) is 4.18. The molecule has 3 rings (SSSR count). The molecule has 0 spiro atoms. The molecule has 3 aliphatic rings. The van der Waals surface area contributed by atoms with Crippen molar-refractivity contribution in [2.75, 3.05) is 0 Å². The first kappa shape index (κ1) is 6.89. The van der Waals surface area contributed by atoms with Crippen LogP contribution in [0, 0.1) is 17.8 Å². The summed E-state index contributed by atoms with van der Waals surface area (Å²) in [5.41, 5.74) is 0.